The minimum Gasteiger partial charge on any atom is -0.343 e. The maximum atomic E-state index is 13.6. The monoisotopic (exact) mass is 526 g/mol. The summed E-state index contributed by atoms with van der Waals surface area (Å²) in [6.07, 6.45) is 4.64. The zero-order valence-electron chi connectivity index (χ0n) is 21.9. The van der Waals surface area contributed by atoms with Crippen LogP contribution < -0.4 is 15.4 Å². The number of carbonyl (C=O) groups is 2. The first-order valence-corrected chi connectivity index (χ1v) is 14.8. The number of nitrogens with one attached hydrogen (secondary N) is 1. The fourth-order valence-electron chi connectivity index (χ4n) is 5.44. The van der Waals surface area contributed by atoms with Crippen LogP contribution in [0.5, 0.6) is 0 Å². The van der Waals surface area contributed by atoms with E-state index in [9.17, 15) is 18.0 Å². The number of likely N-dealkylation sites (tertiary alicyclic amines) is 1. The Morgan fingerprint density at radius 2 is 1.68 bits per heavy atom. The number of benzene rings is 2. The number of carbonyl (C=O) groups excluding carboxylic acids is 2. The first-order valence-electron chi connectivity index (χ1n) is 12.9. The Hall–Kier alpha value is -2.91. The maximum absolute atomic E-state index is 13.6. The highest BCUT2D eigenvalue weighted by Gasteiger charge is 2.47. The van der Waals surface area contributed by atoms with Gasteiger partial charge in [-0.1, -0.05) is 48.5 Å². The number of hydrogen-bond acceptors (Lipinski definition) is 5. The van der Waals surface area contributed by atoms with Crippen LogP contribution in [0.1, 0.15) is 50.7 Å². The number of sulfonamides is 1. The third-order valence-electron chi connectivity index (χ3n) is 7.61. The van der Waals surface area contributed by atoms with Gasteiger partial charge in [0.15, 0.2) is 0 Å². The van der Waals surface area contributed by atoms with Crippen molar-refractivity contribution in [2.75, 3.05) is 30.2 Å². The van der Waals surface area contributed by atoms with Gasteiger partial charge in [-0.25, -0.2) is 8.42 Å². The van der Waals surface area contributed by atoms with Gasteiger partial charge in [-0.05, 0) is 63.1 Å². The van der Waals surface area contributed by atoms with Crippen molar-refractivity contribution < 1.29 is 18.0 Å². The van der Waals surface area contributed by atoms with Crippen LogP contribution in [0.25, 0.3) is 0 Å². The van der Waals surface area contributed by atoms with E-state index in [1.165, 1.54) is 16.1 Å². The van der Waals surface area contributed by atoms with E-state index >= 15 is 0 Å². The maximum Gasteiger partial charge on any atom is 0.245 e. The van der Waals surface area contributed by atoms with E-state index in [-0.39, 0.29) is 17.2 Å². The number of hydrogen-bond donors (Lipinski definition) is 2. The molecule has 2 aliphatic heterocycles. The summed E-state index contributed by atoms with van der Waals surface area (Å²) >= 11 is 0. The number of nitrogens with zero attached hydrogens (tertiary/aromatic N) is 2. The fourth-order valence-corrected chi connectivity index (χ4v) is 6.44. The summed E-state index contributed by atoms with van der Waals surface area (Å²) in [6.45, 7) is 4.66. The molecule has 0 radical (unpaired) electrons. The number of aryl methyl sites for hydroxylation is 1. The van der Waals surface area contributed by atoms with Crippen molar-refractivity contribution in [1.29, 1.82) is 0 Å². The standard InChI is InChI=1S/C28H38N4O4S/c1-27(2,29)26(34)30-23(14-9-12-21-10-5-4-6-11-21)25(33)31-18-16-28(17-19-31)20-32(37(3,35)36)24-15-8-7-13-22(24)28/h4-8,10-11,13,15,23H,9,12,14,16-20,29H2,1-3H3,(H,30,34). The second-order valence-electron chi connectivity index (χ2n) is 11.0. The molecule has 1 fully saturated rings. The molecule has 2 aromatic rings. The minimum atomic E-state index is -3.40. The molecule has 1 atom stereocenters. The number of para-hydroxylation sites is 1. The molecule has 37 heavy (non-hydrogen) atoms. The Balaban J connectivity index is 1.46. The second-order valence-corrected chi connectivity index (χ2v) is 12.9. The molecule has 2 aromatic carbocycles. The Morgan fingerprint density at radius 3 is 2.30 bits per heavy atom. The summed E-state index contributed by atoms with van der Waals surface area (Å²) in [4.78, 5) is 28.2. The molecule has 1 unspecified atom stereocenters. The average molecular weight is 527 g/mol. The molecular weight excluding hydrogens is 488 g/mol. The Bertz CT molecular complexity index is 1230. The average Bonchev–Trinajstić information content (AvgIpc) is 3.18. The van der Waals surface area contributed by atoms with Crippen LogP contribution in [0.2, 0.25) is 0 Å². The van der Waals surface area contributed by atoms with Crippen molar-refractivity contribution in [3.05, 3.63) is 65.7 Å². The summed E-state index contributed by atoms with van der Waals surface area (Å²) in [6, 6.07) is 17.1. The zero-order chi connectivity index (χ0) is 26.8. The van der Waals surface area contributed by atoms with E-state index < -0.39 is 21.6 Å². The predicted molar refractivity (Wildman–Crippen MR) is 146 cm³/mol. The summed E-state index contributed by atoms with van der Waals surface area (Å²) in [5.74, 6) is -0.459. The van der Waals surface area contributed by atoms with Crippen molar-refractivity contribution in [3.63, 3.8) is 0 Å². The van der Waals surface area contributed by atoms with Crippen molar-refractivity contribution in [1.82, 2.24) is 10.2 Å². The summed E-state index contributed by atoms with van der Waals surface area (Å²) in [5.41, 5.74) is 7.56. The molecule has 200 valence electrons. The molecule has 8 nitrogen and oxygen atoms in total. The highest BCUT2D eigenvalue weighted by molar-refractivity contribution is 7.92. The number of fused-ring (bicyclic) bond motifs is 2. The molecule has 2 aliphatic rings. The van der Waals surface area contributed by atoms with Crippen molar-refractivity contribution >= 4 is 27.5 Å². The molecule has 0 aliphatic carbocycles. The van der Waals surface area contributed by atoms with Gasteiger partial charge in [0.1, 0.15) is 6.04 Å². The van der Waals surface area contributed by atoms with E-state index in [1.807, 2.05) is 47.4 Å². The SMILES string of the molecule is CC(C)(N)C(=O)NC(CCCc1ccccc1)C(=O)N1CCC2(CC1)CN(S(C)(=O)=O)c1ccccc12. The van der Waals surface area contributed by atoms with Crippen LogP contribution in [-0.4, -0.2) is 62.6 Å². The molecule has 2 amide bonds. The van der Waals surface area contributed by atoms with Crippen LogP contribution in [0, 0.1) is 0 Å². The molecular formula is C28H38N4O4S. The lowest BCUT2D eigenvalue weighted by Gasteiger charge is -2.41. The van der Waals surface area contributed by atoms with Gasteiger partial charge in [0.25, 0.3) is 0 Å². The lowest BCUT2D eigenvalue weighted by atomic mass is 9.74. The Labute approximate surface area is 220 Å². The highest BCUT2D eigenvalue weighted by Crippen LogP contribution is 2.47. The minimum absolute atomic E-state index is 0.105. The first-order chi connectivity index (χ1) is 17.4. The number of rotatable bonds is 8. The number of amides is 2. The summed E-state index contributed by atoms with van der Waals surface area (Å²) in [7, 11) is -3.40. The van der Waals surface area contributed by atoms with Gasteiger partial charge >= 0.3 is 0 Å². The molecule has 1 spiro atoms. The Kier molecular flexibility index (Phi) is 7.67. The van der Waals surface area contributed by atoms with Crippen LogP contribution in [0.3, 0.4) is 0 Å². The van der Waals surface area contributed by atoms with Gasteiger partial charge in [0, 0.05) is 25.0 Å². The summed E-state index contributed by atoms with van der Waals surface area (Å²) < 4.78 is 26.5. The van der Waals surface area contributed by atoms with E-state index in [1.54, 1.807) is 13.8 Å². The van der Waals surface area contributed by atoms with Crippen molar-refractivity contribution in [3.8, 4) is 0 Å². The quantitative estimate of drug-likeness (QED) is 0.549. The van der Waals surface area contributed by atoms with Gasteiger partial charge in [-0.3, -0.25) is 13.9 Å². The van der Waals surface area contributed by atoms with Crippen LogP contribution >= 0.6 is 0 Å². The number of anilines is 1. The van der Waals surface area contributed by atoms with Crippen LogP contribution in [0.15, 0.2) is 54.6 Å². The second kappa shape index (κ2) is 10.5. The molecule has 1 saturated heterocycles. The van der Waals surface area contributed by atoms with E-state index in [2.05, 4.69) is 17.4 Å². The predicted octanol–water partition coefficient (Wildman–Crippen LogP) is 2.57. The fraction of sp³-hybridized carbons (Fsp3) is 0.500. The van der Waals surface area contributed by atoms with E-state index in [4.69, 9.17) is 5.73 Å². The number of nitrogens with two attached hydrogens (primary N) is 1. The van der Waals surface area contributed by atoms with Gasteiger partial charge in [-0.2, -0.15) is 0 Å². The molecule has 0 saturated carbocycles. The molecule has 9 heteroatoms. The molecule has 0 bridgehead atoms. The largest absolute Gasteiger partial charge is 0.343 e. The highest BCUT2D eigenvalue weighted by atomic mass is 32.2. The van der Waals surface area contributed by atoms with Crippen LogP contribution in [-0.2, 0) is 31.4 Å². The van der Waals surface area contributed by atoms with Gasteiger partial charge in [0.2, 0.25) is 21.8 Å². The zero-order valence-corrected chi connectivity index (χ0v) is 22.8. The van der Waals surface area contributed by atoms with Gasteiger partial charge < -0.3 is 16.0 Å². The van der Waals surface area contributed by atoms with Crippen molar-refractivity contribution in [2.45, 2.75) is 62.9 Å². The van der Waals surface area contributed by atoms with Gasteiger partial charge in [0.05, 0.1) is 17.5 Å². The molecule has 0 aromatic heterocycles. The lowest BCUT2D eigenvalue weighted by molar-refractivity contribution is -0.139. The third kappa shape index (κ3) is 5.99. The van der Waals surface area contributed by atoms with Crippen LogP contribution in [0.4, 0.5) is 5.69 Å². The van der Waals surface area contributed by atoms with Crippen molar-refractivity contribution in [2.24, 2.45) is 5.73 Å². The third-order valence-corrected chi connectivity index (χ3v) is 8.74. The molecule has 4 rings (SSSR count). The Morgan fingerprint density at radius 1 is 1.05 bits per heavy atom. The first kappa shape index (κ1) is 27.1. The van der Waals surface area contributed by atoms with Gasteiger partial charge in [-0.15, -0.1) is 0 Å². The number of piperidine rings is 1. The van der Waals surface area contributed by atoms with E-state index in [0.717, 1.165) is 24.1 Å². The normalized spacial score (nSPS) is 17.9. The smallest absolute Gasteiger partial charge is 0.245 e. The molecule has 3 N–H and O–H groups in total. The summed E-state index contributed by atoms with van der Waals surface area (Å²) in [5, 5.41) is 2.90. The van der Waals surface area contributed by atoms with E-state index in [0.29, 0.717) is 38.9 Å². The molecule has 2 heterocycles. The topological polar surface area (TPSA) is 113 Å². The lowest BCUT2D eigenvalue weighted by Crippen LogP contribution is -2.58.